The van der Waals surface area contributed by atoms with Crippen molar-refractivity contribution >= 4 is 34.5 Å². The van der Waals surface area contributed by atoms with Gasteiger partial charge >= 0.3 is 0 Å². The lowest BCUT2D eigenvalue weighted by Gasteiger charge is -2.00. The molecule has 1 heterocycles. The molecule has 0 saturated carbocycles. The number of halogens is 1. The molecule has 5 nitrogen and oxygen atoms in total. The van der Waals surface area contributed by atoms with Crippen molar-refractivity contribution < 1.29 is 4.79 Å². The van der Waals surface area contributed by atoms with Crippen molar-refractivity contribution in [1.29, 1.82) is 0 Å². The van der Waals surface area contributed by atoms with Gasteiger partial charge in [-0.15, -0.1) is 0 Å². The molecule has 0 radical (unpaired) electrons. The standard InChI is InChI=1S/C21H15ClN4O/c22-18-7-3-4-14(10-18)13-23-26-21(27)20-12-19(24-25-20)17-9-8-15-5-1-2-6-16(15)11-17/h1-13H,(H,24,25)(H,26,27)/b23-13+. The van der Waals surface area contributed by atoms with Crippen LogP contribution in [0.1, 0.15) is 16.1 Å². The molecular weight excluding hydrogens is 360 g/mol. The van der Waals surface area contributed by atoms with Crippen LogP contribution in [-0.2, 0) is 0 Å². The van der Waals surface area contributed by atoms with Crippen LogP contribution < -0.4 is 5.43 Å². The first-order valence-corrected chi connectivity index (χ1v) is 8.70. The van der Waals surface area contributed by atoms with E-state index in [1.807, 2.05) is 48.5 Å². The summed E-state index contributed by atoms with van der Waals surface area (Å²) < 4.78 is 0. The highest BCUT2D eigenvalue weighted by atomic mass is 35.5. The number of carbonyl (C=O) groups is 1. The minimum absolute atomic E-state index is 0.335. The van der Waals surface area contributed by atoms with Crippen LogP contribution in [0.5, 0.6) is 0 Å². The second kappa shape index (κ2) is 7.43. The zero-order valence-corrected chi connectivity index (χ0v) is 14.9. The zero-order chi connectivity index (χ0) is 18.6. The molecule has 0 spiro atoms. The van der Waals surface area contributed by atoms with Gasteiger partial charge in [-0.1, -0.05) is 60.1 Å². The van der Waals surface area contributed by atoms with E-state index in [0.29, 0.717) is 16.4 Å². The first-order valence-electron chi connectivity index (χ1n) is 8.32. The Hall–Kier alpha value is -3.44. The molecule has 4 rings (SSSR count). The van der Waals surface area contributed by atoms with Gasteiger partial charge in [0.25, 0.3) is 5.91 Å². The van der Waals surface area contributed by atoms with Crippen LogP contribution in [0, 0.1) is 0 Å². The minimum Gasteiger partial charge on any atom is -0.272 e. The average Bonchev–Trinajstić information content (AvgIpc) is 3.18. The van der Waals surface area contributed by atoms with Crippen molar-refractivity contribution in [3.05, 3.63) is 89.1 Å². The summed E-state index contributed by atoms with van der Waals surface area (Å²) in [5.74, 6) is -0.368. The molecular formula is C21H15ClN4O. The second-order valence-electron chi connectivity index (χ2n) is 5.98. The molecule has 0 atom stereocenters. The van der Waals surface area contributed by atoms with Crippen LogP contribution in [0.4, 0.5) is 0 Å². The molecule has 1 amide bonds. The Morgan fingerprint density at radius 2 is 1.85 bits per heavy atom. The summed E-state index contributed by atoms with van der Waals surface area (Å²) in [7, 11) is 0. The number of nitrogens with one attached hydrogen (secondary N) is 2. The lowest BCUT2D eigenvalue weighted by Crippen LogP contribution is -2.17. The number of hydrogen-bond acceptors (Lipinski definition) is 3. The molecule has 1 aromatic heterocycles. The maximum Gasteiger partial charge on any atom is 0.289 e. The third-order valence-corrected chi connectivity index (χ3v) is 4.33. The van der Waals surface area contributed by atoms with Gasteiger partial charge in [0.05, 0.1) is 11.9 Å². The van der Waals surface area contributed by atoms with Gasteiger partial charge in [0.15, 0.2) is 0 Å². The van der Waals surface area contributed by atoms with Gasteiger partial charge in [-0.05, 0) is 40.6 Å². The van der Waals surface area contributed by atoms with Gasteiger partial charge in [-0.25, -0.2) is 5.43 Å². The van der Waals surface area contributed by atoms with Crippen molar-refractivity contribution in [3.8, 4) is 11.3 Å². The lowest BCUT2D eigenvalue weighted by atomic mass is 10.1. The molecule has 0 unspecified atom stereocenters. The van der Waals surface area contributed by atoms with E-state index < -0.39 is 0 Å². The topological polar surface area (TPSA) is 70.1 Å². The molecule has 3 aromatic carbocycles. The van der Waals surface area contributed by atoms with Crippen LogP contribution >= 0.6 is 11.6 Å². The molecule has 2 N–H and O–H groups in total. The Labute approximate surface area is 160 Å². The van der Waals surface area contributed by atoms with E-state index in [2.05, 4.69) is 26.8 Å². The Morgan fingerprint density at radius 3 is 2.70 bits per heavy atom. The van der Waals surface area contributed by atoms with Crippen molar-refractivity contribution in [2.45, 2.75) is 0 Å². The summed E-state index contributed by atoms with van der Waals surface area (Å²) in [4.78, 5) is 12.2. The Kier molecular flexibility index (Phi) is 4.68. The van der Waals surface area contributed by atoms with Gasteiger partial charge in [-0.3, -0.25) is 9.89 Å². The van der Waals surface area contributed by atoms with Crippen LogP contribution in [-0.4, -0.2) is 22.3 Å². The van der Waals surface area contributed by atoms with E-state index >= 15 is 0 Å². The van der Waals surface area contributed by atoms with Crippen molar-refractivity contribution in [3.63, 3.8) is 0 Å². The van der Waals surface area contributed by atoms with Gasteiger partial charge < -0.3 is 0 Å². The summed E-state index contributed by atoms with van der Waals surface area (Å²) in [6.45, 7) is 0. The number of benzene rings is 3. The van der Waals surface area contributed by atoms with Gasteiger partial charge in [0.1, 0.15) is 5.69 Å². The van der Waals surface area contributed by atoms with Crippen LogP contribution in [0.25, 0.3) is 22.0 Å². The average molecular weight is 375 g/mol. The van der Waals surface area contributed by atoms with Crippen LogP contribution in [0.15, 0.2) is 77.9 Å². The summed E-state index contributed by atoms with van der Waals surface area (Å²) in [6.07, 6.45) is 1.53. The fourth-order valence-electron chi connectivity index (χ4n) is 2.75. The number of aromatic nitrogens is 2. The number of H-pyrrole nitrogens is 1. The SMILES string of the molecule is O=C(N/N=C/c1cccc(Cl)c1)c1cc(-c2ccc3ccccc3c2)n[nH]1. The zero-order valence-electron chi connectivity index (χ0n) is 14.2. The quantitative estimate of drug-likeness (QED) is 0.403. The molecule has 132 valence electrons. The molecule has 0 fully saturated rings. The Morgan fingerprint density at radius 1 is 1.00 bits per heavy atom. The van der Waals surface area contributed by atoms with Crippen LogP contribution in [0.2, 0.25) is 5.02 Å². The van der Waals surface area contributed by atoms with Crippen molar-refractivity contribution in [2.24, 2.45) is 5.10 Å². The van der Waals surface area contributed by atoms with Gasteiger partial charge in [-0.2, -0.15) is 10.2 Å². The number of rotatable bonds is 4. The largest absolute Gasteiger partial charge is 0.289 e. The number of hydrazone groups is 1. The molecule has 4 aromatic rings. The van der Waals surface area contributed by atoms with E-state index in [1.54, 1.807) is 18.2 Å². The molecule has 0 bridgehead atoms. The summed E-state index contributed by atoms with van der Waals surface area (Å²) in [6, 6.07) is 23.1. The van der Waals surface area contributed by atoms with Gasteiger partial charge in [0, 0.05) is 10.6 Å². The number of hydrogen-bond donors (Lipinski definition) is 2. The van der Waals surface area contributed by atoms with E-state index in [9.17, 15) is 4.79 Å². The van der Waals surface area contributed by atoms with E-state index in [0.717, 1.165) is 21.9 Å². The molecule has 0 aliphatic carbocycles. The molecule has 0 aliphatic heterocycles. The Bertz CT molecular complexity index is 1150. The molecule has 0 saturated heterocycles. The second-order valence-corrected chi connectivity index (χ2v) is 6.42. The minimum atomic E-state index is -0.368. The maximum atomic E-state index is 12.2. The third-order valence-electron chi connectivity index (χ3n) is 4.10. The highest BCUT2D eigenvalue weighted by Gasteiger charge is 2.10. The first kappa shape index (κ1) is 17.0. The molecule has 6 heteroatoms. The summed E-state index contributed by atoms with van der Waals surface area (Å²) in [5.41, 5.74) is 5.24. The number of fused-ring (bicyclic) bond motifs is 1. The summed E-state index contributed by atoms with van der Waals surface area (Å²) in [5, 5.41) is 13.8. The smallest absolute Gasteiger partial charge is 0.272 e. The van der Waals surface area contributed by atoms with E-state index in [1.165, 1.54) is 6.21 Å². The number of aromatic amines is 1. The highest BCUT2D eigenvalue weighted by molar-refractivity contribution is 6.30. The van der Waals surface area contributed by atoms with Crippen molar-refractivity contribution in [1.82, 2.24) is 15.6 Å². The van der Waals surface area contributed by atoms with Gasteiger partial charge in [0.2, 0.25) is 0 Å². The normalized spacial score (nSPS) is 11.1. The van der Waals surface area contributed by atoms with E-state index in [4.69, 9.17) is 11.6 Å². The van der Waals surface area contributed by atoms with Crippen LogP contribution in [0.3, 0.4) is 0 Å². The predicted molar refractivity (Wildman–Crippen MR) is 108 cm³/mol. The molecule has 0 aliphatic rings. The lowest BCUT2D eigenvalue weighted by molar-refractivity contribution is 0.0950. The first-order chi connectivity index (χ1) is 13.2. The van der Waals surface area contributed by atoms with Crippen molar-refractivity contribution in [2.75, 3.05) is 0 Å². The maximum absolute atomic E-state index is 12.2. The fourth-order valence-corrected chi connectivity index (χ4v) is 2.95. The number of amides is 1. The Balaban J connectivity index is 1.48. The number of nitrogens with zero attached hydrogens (tertiary/aromatic N) is 2. The third kappa shape index (κ3) is 3.88. The van der Waals surface area contributed by atoms with E-state index in [-0.39, 0.29) is 5.91 Å². The fraction of sp³-hybridized carbons (Fsp3) is 0. The summed E-state index contributed by atoms with van der Waals surface area (Å²) >= 11 is 5.92. The monoisotopic (exact) mass is 374 g/mol. The molecule has 27 heavy (non-hydrogen) atoms. The predicted octanol–water partition coefficient (Wildman–Crippen LogP) is 4.65. The highest BCUT2D eigenvalue weighted by Crippen LogP contribution is 2.23. The number of carbonyl (C=O) groups excluding carboxylic acids is 1.